The molecule has 0 aliphatic carbocycles. The van der Waals surface area contributed by atoms with Gasteiger partial charge in [0, 0.05) is 36.4 Å². The molecule has 0 saturated carbocycles. The monoisotopic (exact) mass is 525 g/mol. The van der Waals surface area contributed by atoms with Crippen molar-refractivity contribution in [3.63, 3.8) is 0 Å². The summed E-state index contributed by atoms with van der Waals surface area (Å²) in [6.45, 7) is 1.74. The number of pyridine rings is 1. The number of amides is 1. The number of hydrogen-bond donors (Lipinski definition) is 6. The molecular weight excluding hydrogens is 498 g/mol. The van der Waals surface area contributed by atoms with Crippen molar-refractivity contribution in [2.45, 2.75) is 19.7 Å². The second kappa shape index (κ2) is 10.6. The zero-order valence-electron chi connectivity index (χ0n) is 20.1. The van der Waals surface area contributed by atoms with Crippen LogP contribution in [-0.2, 0) is 23.6 Å². The average molecular weight is 526 g/mol. The molecule has 1 unspecified atom stereocenters. The molecule has 0 fully saturated rings. The molecule has 4 aromatic rings. The first-order valence-electron chi connectivity index (χ1n) is 11.4. The van der Waals surface area contributed by atoms with Crippen LogP contribution in [0, 0.1) is 0 Å². The summed E-state index contributed by atoms with van der Waals surface area (Å²) in [5.74, 6) is -0.487. The maximum Gasteiger partial charge on any atom is 0.274 e. The predicted octanol–water partition coefficient (Wildman–Crippen LogP) is 2.19. The molecule has 0 bridgehead atoms. The summed E-state index contributed by atoms with van der Waals surface area (Å²) in [5.41, 5.74) is 4.82. The molecule has 0 spiro atoms. The van der Waals surface area contributed by atoms with Crippen LogP contribution in [0.15, 0.2) is 65.6 Å². The van der Waals surface area contributed by atoms with Crippen LogP contribution in [0.5, 0.6) is 0 Å². The summed E-state index contributed by atoms with van der Waals surface area (Å²) < 4.78 is 27.9. The molecule has 12 heteroatoms. The number of nitrogens with one attached hydrogen (secondary N) is 4. The first-order chi connectivity index (χ1) is 17.6. The minimum Gasteiger partial charge on any atom is -0.372 e. The number of fused-ring (bicyclic) bond motifs is 1. The second-order valence-electron chi connectivity index (χ2n) is 8.47. The predicted molar refractivity (Wildman–Crippen MR) is 140 cm³/mol. The fourth-order valence-electron chi connectivity index (χ4n) is 3.86. The van der Waals surface area contributed by atoms with Crippen molar-refractivity contribution in [3.05, 3.63) is 88.0 Å². The summed E-state index contributed by atoms with van der Waals surface area (Å²) >= 11 is 0. The molecule has 2 aromatic carbocycles. The van der Waals surface area contributed by atoms with E-state index in [-0.39, 0.29) is 29.1 Å². The molecule has 6 N–H and O–H groups in total. The number of H-pyrrole nitrogens is 1. The number of carbonyl (C=O) groups is 1. The highest BCUT2D eigenvalue weighted by Crippen LogP contribution is 2.29. The van der Waals surface area contributed by atoms with E-state index in [1.165, 1.54) is 4.57 Å². The Balaban J connectivity index is 1.62. The summed E-state index contributed by atoms with van der Waals surface area (Å²) in [5, 5.41) is 21.7. The molecule has 194 valence electrons. The van der Waals surface area contributed by atoms with E-state index >= 15 is 0 Å². The normalized spacial score (nSPS) is 12.4. The lowest BCUT2D eigenvalue weighted by Gasteiger charge is -2.10. The maximum atomic E-state index is 12.9. The zero-order chi connectivity index (χ0) is 26.7. The molecule has 4 rings (SSSR count). The Labute approximate surface area is 212 Å². The van der Waals surface area contributed by atoms with Crippen molar-refractivity contribution in [1.29, 1.82) is 0 Å². The average Bonchev–Trinajstić information content (AvgIpc) is 3.35. The van der Waals surface area contributed by atoms with Gasteiger partial charge in [-0.25, -0.2) is 8.42 Å². The number of sulfonamides is 1. The van der Waals surface area contributed by atoms with Gasteiger partial charge in [-0.2, -0.15) is 5.48 Å². The first-order valence-corrected chi connectivity index (χ1v) is 13.0. The molecule has 0 aliphatic heterocycles. The third-order valence-corrected chi connectivity index (χ3v) is 7.21. The molecule has 1 amide bonds. The third-order valence-electron chi connectivity index (χ3n) is 5.91. The maximum absolute atomic E-state index is 12.9. The Bertz CT molecular complexity index is 1610. The van der Waals surface area contributed by atoms with E-state index in [1.807, 2.05) is 0 Å². The molecule has 0 radical (unpaired) electrons. The van der Waals surface area contributed by atoms with Crippen LogP contribution in [0.3, 0.4) is 0 Å². The Morgan fingerprint density at radius 2 is 1.86 bits per heavy atom. The van der Waals surface area contributed by atoms with Gasteiger partial charge in [-0.15, -0.1) is 0 Å². The van der Waals surface area contributed by atoms with Crippen LogP contribution >= 0.6 is 0 Å². The van der Waals surface area contributed by atoms with Crippen LogP contribution in [0.1, 0.15) is 34.8 Å². The van der Waals surface area contributed by atoms with Crippen molar-refractivity contribution < 1.29 is 23.5 Å². The number of aryl methyl sites for hydroxylation is 1. The Morgan fingerprint density at radius 1 is 1.14 bits per heavy atom. The molecule has 2 heterocycles. The minimum atomic E-state index is -3.46. The Morgan fingerprint density at radius 3 is 2.54 bits per heavy atom. The summed E-state index contributed by atoms with van der Waals surface area (Å²) in [6.07, 6.45) is 0.435. The largest absolute Gasteiger partial charge is 0.372 e. The highest BCUT2D eigenvalue weighted by Gasteiger charge is 2.17. The van der Waals surface area contributed by atoms with E-state index in [0.29, 0.717) is 27.8 Å². The number of rotatable bonds is 9. The minimum absolute atomic E-state index is 0.0659. The van der Waals surface area contributed by atoms with Crippen LogP contribution in [0.4, 0.5) is 5.69 Å². The van der Waals surface area contributed by atoms with Crippen molar-refractivity contribution in [2.24, 2.45) is 7.05 Å². The van der Waals surface area contributed by atoms with E-state index in [2.05, 4.69) is 15.0 Å². The van der Waals surface area contributed by atoms with E-state index in [0.717, 1.165) is 5.56 Å². The van der Waals surface area contributed by atoms with Crippen molar-refractivity contribution in [1.82, 2.24) is 20.3 Å². The molecule has 11 nitrogen and oxygen atoms in total. The summed E-state index contributed by atoms with van der Waals surface area (Å²) in [7, 11) is -1.86. The number of benzene rings is 2. The standard InChI is InChI=1S/C25H27N5O6S/c1-3-37(35,36)29-18-6-4-5-17(11-18)20-14-30(2)25(33)22-19(20)12-21(27-22)24(32)26-13-15-7-9-16(10-8-15)23(31)28-34/h4-12,14,23,27-29,31,34H,3,13H2,1-2H3,(H,26,32). The van der Waals surface area contributed by atoms with Gasteiger partial charge < -0.3 is 25.2 Å². The van der Waals surface area contributed by atoms with Gasteiger partial charge in [0.15, 0.2) is 6.23 Å². The SMILES string of the molecule is CCS(=O)(=O)Nc1cccc(-c2cn(C)c(=O)c3[nH]c(C(=O)NCc4ccc(C(O)NO)cc4)cc23)c1. The van der Waals surface area contributed by atoms with E-state index in [4.69, 9.17) is 5.21 Å². The van der Waals surface area contributed by atoms with E-state index in [1.54, 1.807) is 80.2 Å². The van der Waals surface area contributed by atoms with E-state index < -0.39 is 22.2 Å². The third kappa shape index (κ3) is 5.73. The number of hydrogen-bond acceptors (Lipinski definition) is 7. The van der Waals surface area contributed by atoms with Crippen LogP contribution < -0.4 is 21.1 Å². The van der Waals surface area contributed by atoms with Crippen molar-refractivity contribution in [2.75, 3.05) is 10.5 Å². The topological polar surface area (TPSA) is 166 Å². The number of aromatic amines is 1. The number of nitrogens with zero attached hydrogens (tertiary/aromatic N) is 1. The molecular formula is C25H27N5O6S. The highest BCUT2D eigenvalue weighted by atomic mass is 32.2. The molecule has 0 saturated heterocycles. The van der Waals surface area contributed by atoms with Gasteiger partial charge in [-0.1, -0.05) is 36.4 Å². The lowest BCUT2D eigenvalue weighted by atomic mass is 10.0. The smallest absolute Gasteiger partial charge is 0.274 e. The lowest BCUT2D eigenvalue weighted by molar-refractivity contribution is 0.000691. The van der Waals surface area contributed by atoms with Gasteiger partial charge >= 0.3 is 0 Å². The molecule has 0 aliphatic rings. The zero-order valence-corrected chi connectivity index (χ0v) is 21.0. The number of carbonyl (C=O) groups excluding carboxylic acids is 1. The van der Waals surface area contributed by atoms with Gasteiger partial charge in [0.05, 0.1) is 5.75 Å². The fourth-order valence-corrected chi connectivity index (χ4v) is 4.49. The van der Waals surface area contributed by atoms with Crippen LogP contribution in [0.25, 0.3) is 22.0 Å². The van der Waals surface area contributed by atoms with Crippen LogP contribution in [0.2, 0.25) is 0 Å². The van der Waals surface area contributed by atoms with Crippen molar-refractivity contribution >= 4 is 32.5 Å². The Hall–Kier alpha value is -3.97. The number of aliphatic hydroxyl groups is 1. The first kappa shape index (κ1) is 26.1. The van der Waals surface area contributed by atoms with Gasteiger partial charge in [-0.3, -0.25) is 14.3 Å². The Kier molecular flexibility index (Phi) is 7.45. The number of aliphatic hydroxyl groups excluding tert-OH is 1. The molecule has 2 aromatic heterocycles. The van der Waals surface area contributed by atoms with Crippen molar-refractivity contribution in [3.8, 4) is 11.1 Å². The molecule has 1 atom stereocenters. The van der Waals surface area contributed by atoms with E-state index in [9.17, 15) is 23.1 Å². The quantitative estimate of drug-likeness (QED) is 0.144. The summed E-state index contributed by atoms with van der Waals surface area (Å²) in [4.78, 5) is 28.6. The van der Waals surface area contributed by atoms with Gasteiger partial charge in [0.2, 0.25) is 10.0 Å². The number of anilines is 1. The van der Waals surface area contributed by atoms with Gasteiger partial charge in [-0.05, 0) is 41.8 Å². The number of hydroxylamine groups is 1. The van der Waals surface area contributed by atoms with Crippen LogP contribution in [-0.4, -0.2) is 39.9 Å². The van der Waals surface area contributed by atoms with Gasteiger partial charge in [0.25, 0.3) is 11.5 Å². The fraction of sp³-hybridized carbons (Fsp3) is 0.200. The number of aromatic nitrogens is 2. The summed E-state index contributed by atoms with van der Waals surface area (Å²) in [6, 6.07) is 15.0. The molecule has 37 heavy (non-hydrogen) atoms. The highest BCUT2D eigenvalue weighted by molar-refractivity contribution is 7.92. The van der Waals surface area contributed by atoms with Gasteiger partial charge in [0.1, 0.15) is 11.2 Å². The second-order valence-corrected chi connectivity index (χ2v) is 10.5. The lowest BCUT2D eigenvalue weighted by Crippen LogP contribution is -2.23.